The SMILES string of the molecule is Cl.Cl.O=c1ccc2nccc(-c3ccncc3)c2[nH]1. The van der Waals surface area contributed by atoms with Gasteiger partial charge in [-0.05, 0) is 29.8 Å². The second-order valence-electron chi connectivity index (χ2n) is 3.68. The number of fused-ring (bicyclic) bond motifs is 1. The molecule has 4 nitrogen and oxygen atoms in total. The summed E-state index contributed by atoms with van der Waals surface area (Å²) in [6.45, 7) is 0. The van der Waals surface area contributed by atoms with Crippen molar-refractivity contribution in [3.8, 4) is 11.1 Å². The smallest absolute Gasteiger partial charge is 0.248 e. The van der Waals surface area contributed by atoms with E-state index in [0.717, 1.165) is 22.2 Å². The van der Waals surface area contributed by atoms with E-state index in [2.05, 4.69) is 15.0 Å². The zero-order chi connectivity index (χ0) is 11.7. The Morgan fingerprint density at radius 3 is 2.37 bits per heavy atom. The van der Waals surface area contributed by atoms with E-state index in [9.17, 15) is 4.79 Å². The van der Waals surface area contributed by atoms with Crippen molar-refractivity contribution in [3.63, 3.8) is 0 Å². The standard InChI is InChI=1S/C13H9N3O.2ClH/c17-12-2-1-11-13(16-12)10(5-8-15-11)9-3-6-14-7-4-9;;/h1-8H,(H,16,17);2*1H. The van der Waals surface area contributed by atoms with E-state index in [-0.39, 0.29) is 30.4 Å². The van der Waals surface area contributed by atoms with Crippen LogP contribution in [0.1, 0.15) is 0 Å². The third kappa shape index (κ3) is 2.92. The first-order valence-electron chi connectivity index (χ1n) is 5.23. The monoisotopic (exact) mass is 295 g/mol. The molecule has 0 aliphatic heterocycles. The van der Waals surface area contributed by atoms with E-state index in [1.54, 1.807) is 24.7 Å². The third-order valence-corrected chi connectivity index (χ3v) is 2.61. The highest BCUT2D eigenvalue weighted by Crippen LogP contribution is 2.23. The quantitative estimate of drug-likeness (QED) is 0.751. The van der Waals surface area contributed by atoms with Crippen molar-refractivity contribution in [2.45, 2.75) is 0 Å². The largest absolute Gasteiger partial charge is 0.320 e. The van der Waals surface area contributed by atoms with E-state index in [1.165, 1.54) is 6.07 Å². The molecule has 0 spiro atoms. The first-order chi connectivity index (χ1) is 8.34. The molecule has 98 valence electrons. The molecule has 0 saturated carbocycles. The molecule has 0 aliphatic carbocycles. The van der Waals surface area contributed by atoms with Gasteiger partial charge in [0.05, 0.1) is 11.0 Å². The van der Waals surface area contributed by atoms with E-state index in [1.807, 2.05) is 18.2 Å². The zero-order valence-corrected chi connectivity index (χ0v) is 11.4. The van der Waals surface area contributed by atoms with Gasteiger partial charge < -0.3 is 4.98 Å². The Hall–Kier alpha value is -1.91. The number of aromatic amines is 1. The topological polar surface area (TPSA) is 58.6 Å². The number of hydrogen-bond donors (Lipinski definition) is 1. The Labute approximate surface area is 121 Å². The van der Waals surface area contributed by atoms with Crippen molar-refractivity contribution >= 4 is 35.8 Å². The van der Waals surface area contributed by atoms with Gasteiger partial charge in [0.15, 0.2) is 0 Å². The third-order valence-electron chi connectivity index (χ3n) is 2.61. The van der Waals surface area contributed by atoms with Crippen LogP contribution in [0.2, 0.25) is 0 Å². The lowest BCUT2D eigenvalue weighted by Crippen LogP contribution is -2.03. The molecule has 6 heteroatoms. The normalized spacial score (nSPS) is 9.47. The molecule has 0 aliphatic rings. The summed E-state index contributed by atoms with van der Waals surface area (Å²) in [5, 5.41) is 0. The van der Waals surface area contributed by atoms with Gasteiger partial charge in [0.1, 0.15) is 0 Å². The average Bonchev–Trinajstić information content (AvgIpc) is 2.39. The molecular formula is C13H11Cl2N3O. The van der Waals surface area contributed by atoms with Gasteiger partial charge in [-0.25, -0.2) is 0 Å². The van der Waals surface area contributed by atoms with E-state index in [4.69, 9.17) is 0 Å². The number of aromatic nitrogens is 3. The van der Waals surface area contributed by atoms with Crippen molar-refractivity contribution in [1.29, 1.82) is 0 Å². The molecule has 0 unspecified atom stereocenters. The van der Waals surface area contributed by atoms with Crippen LogP contribution in [-0.4, -0.2) is 15.0 Å². The number of hydrogen-bond acceptors (Lipinski definition) is 3. The first kappa shape index (κ1) is 15.1. The Bertz CT molecular complexity index is 729. The fourth-order valence-electron chi connectivity index (χ4n) is 1.83. The summed E-state index contributed by atoms with van der Waals surface area (Å²) in [6, 6.07) is 8.89. The van der Waals surface area contributed by atoms with Crippen LogP contribution in [-0.2, 0) is 0 Å². The molecule has 0 bridgehead atoms. The molecule has 0 amide bonds. The lowest BCUT2D eigenvalue weighted by atomic mass is 10.1. The molecule has 0 fully saturated rings. The first-order valence-corrected chi connectivity index (χ1v) is 5.23. The van der Waals surface area contributed by atoms with Gasteiger partial charge in [-0.3, -0.25) is 14.8 Å². The van der Waals surface area contributed by atoms with Gasteiger partial charge in [-0.15, -0.1) is 24.8 Å². The number of H-pyrrole nitrogens is 1. The molecule has 0 atom stereocenters. The predicted molar refractivity (Wildman–Crippen MR) is 80.1 cm³/mol. The number of nitrogens with one attached hydrogen (secondary N) is 1. The van der Waals surface area contributed by atoms with Crippen LogP contribution in [0.3, 0.4) is 0 Å². The lowest BCUT2D eigenvalue weighted by Gasteiger charge is -2.04. The van der Waals surface area contributed by atoms with Crippen molar-refractivity contribution in [1.82, 2.24) is 15.0 Å². The molecule has 3 aromatic rings. The highest BCUT2D eigenvalue weighted by atomic mass is 35.5. The molecule has 19 heavy (non-hydrogen) atoms. The van der Waals surface area contributed by atoms with Gasteiger partial charge >= 0.3 is 0 Å². The van der Waals surface area contributed by atoms with Crippen LogP contribution in [0.4, 0.5) is 0 Å². The van der Waals surface area contributed by atoms with Gasteiger partial charge in [0.2, 0.25) is 5.56 Å². The van der Waals surface area contributed by atoms with Crippen LogP contribution in [0.5, 0.6) is 0 Å². The van der Waals surface area contributed by atoms with Gasteiger partial charge in [0, 0.05) is 30.2 Å². The minimum atomic E-state index is -0.124. The second kappa shape index (κ2) is 6.31. The maximum absolute atomic E-state index is 11.4. The van der Waals surface area contributed by atoms with Crippen LogP contribution in [0.15, 0.2) is 53.7 Å². The lowest BCUT2D eigenvalue weighted by molar-refractivity contribution is 1.27. The van der Waals surface area contributed by atoms with Crippen molar-refractivity contribution in [3.05, 3.63) is 59.3 Å². The molecule has 3 rings (SSSR count). The van der Waals surface area contributed by atoms with Gasteiger partial charge in [0.25, 0.3) is 0 Å². The van der Waals surface area contributed by atoms with Crippen LogP contribution >= 0.6 is 24.8 Å². The molecular weight excluding hydrogens is 285 g/mol. The molecule has 3 aromatic heterocycles. The summed E-state index contributed by atoms with van der Waals surface area (Å²) in [4.78, 5) is 22.4. The van der Waals surface area contributed by atoms with Gasteiger partial charge in [-0.2, -0.15) is 0 Å². The Morgan fingerprint density at radius 1 is 0.895 bits per heavy atom. The van der Waals surface area contributed by atoms with Crippen LogP contribution in [0, 0.1) is 0 Å². The molecule has 0 radical (unpaired) electrons. The van der Waals surface area contributed by atoms with E-state index >= 15 is 0 Å². The average molecular weight is 296 g/mol. The number of nitrogens with zero attached hydrogens (tertiary/aromatic N) is 2. The molecule has 0 saturated heterocycles. The number of rotatable bonds is 1. The summed E-state index contributed by atoms with van der Waals surface area (Å²) in [6.07, 6.45) is 5.18. The Kier molecular flexibility index (Phi) is 5.03. The highest BCUT2D eigenvalue weighted by molar-refractivity contribution is 5.90. The van der Waals surface area contributed by atoms with Crippen molar-refractivity contribution < 1.29 is 0 Å². The zero-order valence-electron chi connectivity index (χ0n) is 9.74. The Morgan fingerprint density at radius 2 is 1.63 bits per heavy atom. The fraction of sp³-hybridized carbons (Fsp3) is 0. The summed E-state index contributed by atoms with van der Waals surface area (Å²) in [7, 11) is 0. The van der Waals surface area contributed by atoms with Crippen molar-refractivity contribution in [2.24, 2.45) is 0 Å². The molecule has 3 heterocycles. The predicted octanol–water partition coefficient (Wildman–Crippen LogP) is 2.83. The maximum Gasteiger partial charge on any atom is 0.248 e. The molecule has 1 N–H and O–H groups in total. The van der Waals surface area contributed by atoms with Crippen molar-refractivity contribution in [2.75, 3.05) is 0 Å². The number of pyridine rings is 3. The molecule has 0 aromatic carbocycles. The summed E-state index contributed by atoms with van der Waals surface area (Å²) in [5.41, 5.74) is 3.37. The minimum absolute atomic E-state index is 0. The highest BCUT2D eigenvalue weighted by Gasteiger charge is 2.04. The van der Waals surface area contributed by atoms with Crippen LogP contribution in [0.25, 0.3) is 22.2 Å². The van der Waals surface area contributed by atoms with Crippen LogP contribution < -0.4 is 5.56 Å². The van der Waals surface area contributed by atoms with E-state index in [0.29, 0.717) is 0 Å². The number of halogens is 2. The summed E-state index contributed by atoms with van der Waals surface area (Å²) < 4.78 is 0. The minimum Gasteiger partial charge on any atom is -0.320 e. The van der Waals surface area contributed by atoms with Gasteiger partial charge in [-0.1, -0.05) is 0 Å². The van der Waals surface area contributed by atoms with E-state index < -0.39 is 0 Å². The maximum atomic E-state index is 11.4. The second-order valence-corrected chi connectivity index (χ2v) is 3.68. The Balaban J connectivity index is 0.000000902. The summed E-state index contributed by atoms with van der Waals surface area (Å²) >= 11 is 0. The summed E-state index contributed by atoms with van der Waals surface area (Å²) in [5.74, 6) is 0. The fourth-order valence-corrected chi connectivity index (χ4v) is 1.83.